The lowest BCUT2D eigenvalue weighted by Crippen LogP contribution is -2.21. The van der Waals surface area contributed by atoms with E-state index in [4.69, 9.17) is 21.3 Å². The van der Waals surface area contributed by atoms with Gasteiger partial charge in [-0.25, -0.2) is 4.98 Å². The summed E-state index contributed by atoms with van der Waals surface area (Å²) in [5, 5.41) is 0. The number of nitrogens with zero attached hydrogens (tertiary/aromatic N) is 2. The number of imidazole rings is 1. The number of benzene rings is 1. The van der Waals surface area contributed by atoms with Crippen LogP contribution < -0.4 is 0 Å². The van der Waals surface area contributed by atoms with Gasteiger partial charge in [0.1, 0.15) is 5.82 Å². The quantitative estimate of drug-likeness (QED) is 0.778. The largest absolute Gasteiger partial charge is 0.378 e. The molecule has 1 aromatic carbocycles. The summed E-state index contributed by atoms with van der Waals surface area (Å²) in [7, 11) is 0. The third-order valence-corrected chi connectivity index (χ3v) is 4.52. The number of hydrogen-bond donors (Lipinski definition) is 0. The van der Waals surface area contributed by atoms with Gasteiger partial charge in [-0.3, -0.25) is 0 Å². The molecule has 0 aliphatic carbocycles. The van der Waals surface area contributed by atoms with E-state index in [1.807, 2.05) is 0 Å². The van der Waals surface area contributed by atoms with Crippen molar-refractivity contribution < 1.29 is 4.74 Å². The second-order valence-electron chi connectivity index (χ2n) is 5.84. The van der Waals surface area contributed by atoms with Crippen molar-refractivity contribution in [3.8, 4) is 0 Å². The van der Waals surface area contributed by atoms with E-state index in [1.54, 1.807) is 0 Å². The minimum absolute atomic E-state index is 0.407. The van der Waals surface area contributed by atoms with Crippen LogP contribution in [-0.4, -0.2) is 28.1 Å². The van der Waals surface area contributed by atoms with Gasteiger partial charge in [0, 0.05) is 25.5 Å². The Labute approximate surface area is 131 Å². The zero-order chi connectivity index (χ0) is 14.7. The highest BCUT2D eigenvalue weighted by atomic mass is 35.5. The fourth-order valence-electron chi connectivity index (χ4n) is 3.17. The zero-order valence-electron chi connectivity index (χ0n) is 12.6. The summed E-state index contributed by atoms with van der Waals surface area (Å²) in [6, 6.07) is 6.39. The average molecular weight is 307 g/mol. The minimum atomic E-state index is 0.407. The smallest absolute Gasteiger partial charge is 0.111 e. The lowest BCUT2D eigenvalue weighted by atomic mass is 10.1. The van der Waals surface area contributed by atoms with Crippen LogP contribution in [-0.2, 0) is 17.7 Å². The van der Waals surface area contributed by atoms with Crippen LogP contribution in [0.2, 0.25) is 0 Å². The van der Waals surface area contributed by atoms with Crippen molar-refractivity contribution in [2.75, 3.05) is 12.5 Å². The molecule has 0 N–H and O–H groups in total. The van der Waals surface area contributed by atoms with Crippen molar-refractivity contribution in [1.82, 2.24) is 9.55 Å². The van der Waals surface area contributed by atoms with Crippen LogP contribution in [0.3, 0.4) is 0 Å². The molecule has 1 unspecified atom stereocenters. The molecule has 3 rings (SSSR count). The molecule has 1 fully saturated rings. The summed E-state index contributed by atoms with van der Waals surface area (Å²) < 4.78 is 8.19. The highest BCUT2D eigenvalue weighted by Crippen LogP contribution is 2.23. The summed E-state index contributed by atoms with van der Waals surface area (Å²) in [6.07, 6.45) is 5.99. The predicted octanol–water partition coefficient (Wildman–Crippen LogP) is 4.09. The Kier molecular flexibility index (Phi) is 4.81. The lowest BCUT2D eigenvalue weighted by Gasteiger charge is -2.23. The van der Waals surface area contributed by atoms with Crippen molar-refractivity contribution in [3.63, 3.8) is 0 Å². The molecule has 114 valence electrons. The van der Waals surface area contributed by atoms with Crippen molar-refractivity contribution in [3.05, 3.63) is 29.6 Å². The second-order valence-corrected chi connectivity index (χ2v) is 6.22. The summed E-state index contributed by atoms with van der Waals surface area (Å²) in [4.78, 5) is 4.80. The molecular weight excluding hydrogens is 284 g/mol. The molecule has 4 heteroatoms. The van der Waals surface area contributed by atoms with Gasteiger partial charge in [0.25, 0.3) is 0 Å². The molecule has 1 aromatic heterocycles. The Morgan fingerprint density at radius 3 is 3.05 bits per heavy atom. The highest BCUT2D eigenvalue weighted by Gasteiger charge is 2.16. The normalized spacial score (nSPS) is 19.2. The van der Waals surface area contributed by atoms with Crippen molar-refractivity contribution in [2.24, 2.45) is 0 Å². The molecule has 0 amide bonds. The van der Waals surface area contributed by atoms with Crippen molar-refractivity contribution >= 4 is 22.6 Å². The Morgan fingerprint density at radius 2 is 2.29 bits per heavy atom. The molecule has 3 nitrogen and oxygen atoms in total. The van der Waals surface area contributed by atoms with Gasteiger partial charge in [-0.15, -0.1) is 11.6 Å². The second kappa shape index (κ2) is 6.80. The van der Waals surface area contributed by atoms with E-state index in [0.29, 0.717) is 12.0 Å². The molecule has 1 saturated heterocycles. The molecule has 21 heavy (non-hydrogen) atoms. The number of para-hydroxylation sites is 1. The van der Waals surface area contributed by atoms with Gasteiger partial charge < -0.3 is 9.30 Å². The molecule has 0 bridgehead atoms. The fourth-order valence-corrected chi connectivity index (χ4v) is 3.34. The highest BCUT2D eigenvalue weighted by molar-refractivity contribution is 6.17. The maximum atomic E-state index is 5.95. The number of rotatable bonds is 5. The van der Waals surface area contributed by atoms with E-state index in [-0.39, 0.29) is 0 Å². The summed E-state index contributed by atoms with van der Waals surface area (Å²) in [6.45, 7) is 4.01. The molecule has 0 spiro atoms. The molecule has 1 aliphatic rings. The Bertz CT molecular complexity index is 602. The van der Waals surface area contributed by atoms with Gasteiger partial charge in [0.15, 0.2) is 0 Å². The topological polar surface area (TPSA) is 27.1 Å². The van der Waals surface area contributed by atoms with Crippen LogP contribution in [0.15, 0.2) is 18.2 Å². The molecular formula is C17H23ClN2O. The van der Waals surface area contributed by atoms with Crippen molar-refractivity contribution in [2.45, 2.75) is 51.7 Å². The van der Waals surface area contributed by atoms with E-state index in [0.717, 1.165) is 37.3 Å². The standard InChI is InChI=1S/C17H23ClN2O/c1-13-5-4-7-15-17(13)19-16(8-10-18)20(15)11-9-14-6-2-3-12-21-14/h4-5,7,14H,2-3,6,8-12H2,1H3. The van der Waals surface area contributed by atoms with E-state index in [9.17, 15) is 0 Å². The number of halogens is 1. The van der Waals surface area contributed by atoms with Crippen LogP contribution in [0.5, 0.6) is 0 Å². The van der Waals surface area contributed by atoms with Crippen LogP contribution in [0.1, 0.15) is 37.1 Å². The first-order valence-electron chi connectivity index (χ1n) is 7.92. The maximum absolute atomic E-state index is 5.95. The first-order valence-corrected chi connectivity index (χ1v) is 8.45. The molecule has 0 saturated carbocycles. The Balaban J connectivity index is 1.84. The van der Waals surface area contributed by atoms with Crippen LogP contribution in [0.4, 0.5) is 0 Å². The zero-order valence-corrected chi connectivity index (χ0v) is 13.4. The van der Waals surface area contributed by atoms with Crippen LogP contribution >= 0.6 is 11.6 Å². The molecule has 1 atom stereocenters. The fraction of sp³-hybridized carbons (Fsp3) is 0.588. The van der Waals surface area contributed by atoms with E-state index in [2.05, 4.69) is 29.7 Å². The van der Waals surface area contributed by atoms with Gasteiger partial charge in [-0.1, -0.05) is 12.1 Å². The third kappa shape index (κ3) is 3.24. The summed E-state index contributed by atoms with van der Waals surface area (Å²) >= 11 is 5.95. The first-order chi connectivity index (χ1) is 10.3. The lowest BCUT2D eigenvalue weighted by molar-refractivity contribution is 0.00887. The van der Waals surface area contributed by atoms with Crippen LogP contribution in [0.25, 0.3) is 11.0 Å². The van der Waals surface area contributed by atoms with Gasteiger partial charge in [0.05, 0.1) is 17.1 Å². The molecule has 2 aromatic rings. The number of aryl methyl sites for hydroxylation is 3. The average Bonchev–Trinajstić information content (AvgIpc) is 2.86. The summed E-state index contributed by atoms with van der Waals surface area (Å²) in [5.74, 6) is 1.72. The SMILES string of the molecule is Cc1cccc2c1nc(CCCl)n2CCC1CCCCO1. The number of alkyl halides is 1. The number of fused-ring (bicyclic) bond motifs is 1. The molecule has 1 aliphatic heterocycles. The van der Waals surface area contributed by atoms with Crippen molar-refractivity contribution in [1.29, 1.82) is 0 Å². The minimum Gasteiger partial charge on any atom is -0.378 e. The van der Waals surface area contributed by atoms with E-state index >= 15 is 0 Å². The number of ether oxygens (including phenoxy) is 1. The Hall–Kier alpha value is -1.06. The summed E-state index contributed by atoms with van der Waals surface area (Å²) in [5.41, 5.74) is 3.57. The Morgan fingerprint density at radius 1 is 1.38 bits per heavy atom. The maximum Gasteiger partial charge on any atom is 0.111 e. The molecule has 2 heterocycles. The predicted molar refractivity (Wildman–Crippen MR) is 87.1 cm³/mol. The van der Waals surface area contributed by atoms with E-state index < -0.39 is 0 Å². The monoisotopic (exact) mass is 306 g/mol. The van der Waals surface area contributed by atoms with Crippen LogP contribution in [0, 0.1) is 6.92 Å². The van der Waals surface area contributed by atoms with Gasteiger partial charge in [-0.2, -0.15) is 0 Å². The number of aromatic nitrogens is 2. The third-order valence-electron chi connectivity index (χ3n) is 4.33. The van der Waals surface area contributed by atoms with Gasteiger partial charge >= 0.3 is 0 Å². The van der Waals surface area contributed by atoms with Gasteiger partial charge in [0.2, 0.25) is 0 Å². The van der Waals surface area contributed by atoms with E-state index in [1.165, 1.54) is 30.3 Å². The first kappa shape index (κ1) is 14.9. The van der Waals surface area contributed by atoms with Gasteiger partial charge in [-0.05, 0) is 44.2 Å². The molecule has 0 radical (unpaired) electrons. The number of hydrogen-bond acceptors (Lipinski definition) is 2.